The topological polar surface area (TPSA) is 43.8 Å². The number of carbonyl (C=O) groups is 1. The Morgan fingerprint density at radius 2 is 2.00 bits per heavy atom. The van der Waals surface area contributed by atoms with Gasteiger partial charge in [-0.15, -0.1) is 0 Å². The van der Waals surface area contributed by atoms with Gasteiger partial charge in [-0.3, -0.25) is 9.69 Å². The Morgan fingerprint density at radius 1 is 1.33 bits per heavy atom. The zero-order chi connectivity index (χ0) is 15.2. The van der Waals surface area contributed by atoms with Crippen LogP contribution < -0.4 is 0 Å². The predicted molar refractivity (Wildman–Crippen MR) is 83.9 cm³/mol. The Hall–Kier alpha value is -1.39. The van der Waals surface area contributed by atoms with Gasteiger partial charge in [0.1, 0.15) is 0 Å². The van der Waals surface area contributed by atoms with Crippen LogP contribution in [0.3, 0.4) is 0 Å². The second kappa shape index (κ2) is 7.57. The first kappa shape index (κ1) is 16.0. The molecule has 0 unspecified atom stereocenters. The molecule has 0 saturated carbocycles. The van der Waals surface area contributed by atoms with Gasteiger partial charge in [0.05, 0.1) is 6.54 Å². The van der Waals surface area contributed by atoms with Crippen molar-refractivity contribution in [3.05, 3.63) is 35.4 Å². The van der Waals surface area contributed by atoms with Crippen LogP contribution in [-0.4, -0.2) is 54.1 Å². The summed E-state index contributed by atoms with van der Waals surface area (Å²) < 4.78 is 0. The highest BCUT2D eigenvalue weighted by Gasteiger charge is 2.21. The van der Waals surface area contributed by atoms with E-state index in [4.69, 9.17) is 5.11 Å². The van der Waals surface area contributed by atoms with Crippen LogP contribution >= 0.6 is 0 Å². The van der Waals surface area contributed by atoms with Crippen molar-refractivity contribution in [2.75, 3.05) is 33.3 Å². The second-order valence-corrected chi connectivity index (χ2v) is 6.08. The molecule has 1 amide bonds. The van der Waals surface area contributed by atoms with E-state index in [-0.39, 0.29) is 12.5 Å². The van der Waals surface area contributed by atoms with Gasteiger partial charge in [0.15, 0.2) is 0 Å². The molecular formula is C17H26N2O2. The van der Waals surface area contributed by atoms with Crippen molar-refractivity contribution in [2.45, 2.75) is 26.3 Å². The van der Waals surface area contributed by atoms with E-state index >= 15 is 0 Å². The molecule has 0 radical (unpaired) electrons. The number of benzene rings is 1. The van der Waals surface area contributed by atoms with Crippen LogP contribution in [-0.2, 0) is 11.3 Å². The summed E-state index contributed by atoms with van der Waals surface area (Å²) >= 11 is 0. The van der Waals surface area contributed by atoms with Crippen LogP contribution in [0.1, 0.15) is 24.0 Å². The molecule has 0 atom stereocenters. The minimum atomic E-state index is 0.167. The summed E-state index contributed by atoms with van der Waals surface area (Å²) in [5, 5.41) is 9.14. The number of likely N-dealkylation sites (N-methyl/N-ethyl adjacent to an activating group) is 1. The molecule has 1 heterocycles. The largest absolute Gasteiger partial charge is 0.396 e. The number of aliphatic hydroxyl groups excluding tert-OH is 1. The van der Waals surface area contributed by atoms with Crippen molar-refractivity contribution < 1.29 is 9.90 Å². The molecule has 21 heavy (non-hydrogen) atoms. The van der Waals surface area contributed by atoms with E-state index in [0.717, 1.165) is 25.9 Å². The van der Waals surface area contributed by atoms with Crippen LogP contribution in [0.5, 0.6) is 0 Å². The van der Waals surface area contributed by atoms with E-state index in [1.54, 1.807) is 4.90 Å². The molecule has 0 aromatic heterocycles. The van der Waals surface area contributed by atoms with E-state index < -0.39 is 0 Å². The Kier molecular flexibility index (Phi) is 5.76. The predicted octanol–water partition coefficient (Wildman–Crippen LogP) is 1.66. The van der Waals surface area contributed by atoms with Gasteiger partial charge in [-0.2, -0.15) is 0 Å². The molecule has 1 N–H and O–H groups in total. The van der Waals surface area contributed by atoms with Gasteiger partial charge < -0.3 is 10.0 Å². The van der Waals surface area contributed by atoms with E-state index in [0.29, 0.717) is 19.0 Å². The maximum absolute atomic E-state index is 12.3. The molecule has 0 bridgehead atoms. The maximum Gasteiger partial charge on any atom is 0.236 e. The first-order valence-corrected chi connectivity index (χ1v) is 7.72. The van der Waals surface area contributed by atoms with Crippen LogP contribution in [0, 0.1) is 12.8 Å². The van der Waals surface area contributed by atoms with Crippen LogP contribution in [0.25, 0.3) is 0 Å². The van der Waals surface area contributed by atoms with Crippen molar-refractivity contribution >= 4 is 5.91 Å². The molecule has 116 valence electrons. The Labute approximate surface area is 127 Å². The van der Waals surface area contributed by atoms with E-state index in [2.05, 4.69) is 24.0 Å². The van der Waals surface area contributed by atoms with E-state index in [9.17, 15) is 4.79 Å². The molecule has 4 heteroatoms. The monoisotopic (exact) mass is 290 g/mol. The van der Waals surface area contributed by atoms with Gasteiger partial charge in [0.25, 0.3) is 0 Å². The standard InChI is InChI=1S/C17H26N2O2/c1-14-5-3-4-6-16(14)11-18(2)17(21)12-19-9-7-15(13-20)8-10-19/h3-6,15,20H,7-13H2,1-2H3. The molecule has 0 aliphatic carbocycles. The van der Waals surface area contributed by atoms with E-state index in [1.165, 1.54) is 11.1 Å². The summed E-state index contributed by atoms with van der Waals surface area (Å²) in [6.45, 7) is 5.33. The Bertz CT molecular complexity index is 468. The summed E-state index contributed by atoms with van der Waals surface area (Å²) in [4.78, 5) is 16.3. The molecule has 1 saturated heterocycles. The fourth-order valence-electron chi connectivity index (χ4n) is 2.77. The van der Waals surface area contributed by atoms with Crippen molar-refractivity contribution in [1.82, 2.24) is 9.80 Å². The highest BCUT2D eigenvalue weighted by atomic mass is 16.3. The van der Waals surface area contributed by atoms with Gasteiger partial charge >= 0.3 is 0 Å². The summed E-state index contributed by atoms with van der Waals surface area (Å²) in [6, 6.07) is 8.19. The Balaban J connectivity index is 1.82. The third-order valence-electron chi connectivity index (χ3n) is 4.42. The molecule has 1 aromatic carbocycles. The zero-order valence-electron chi connectivity index (χ0n) is 13.1. The second-order valence-electron chi connectivity index (χ2n) is 6.08. The number of amides is 1. The van der Waals surface area contributed by atoms with Crippen molar-refractivity contribution in [3.63, 3.8) is 0 Å². The lowest BCUT2D eigenvalue weighted by Crippen LogP contribution is -2.42. The van der Waals surface area contributed by atoms with Crippen LogP contribution in [0.15, 0.2) is 24.3 Å². The van der Waals surface area contributed by atoms with Crippen LogP contribution in [0.4, 0.5) is 0 Å². The highest BCUT2D eigenvalue weighted by molar-refractivity contribution is 5.78. The molecule has 2 rings (SSSR count). The third kappa shape index (κ3) is 4.55. The fraction of sp³-hybridized carbons (Fsp3) is 0.588. The van der Waals surface area contributed by atoms with Gasteiger partial charge in [0, 0.05) is 20.2 Å². The first-order valence-electron chi connectivity index (χ1n) is 7.72. The summed E-state index contributed by atoms with van der Waals surface area (Å²) in [7, 11) is 1.87. The normalized spacial score (nSPS) is 16.9. The number of aryl methyl sites for hydroxylation is 1. The maximum atomic E-state index is 12.3. The number of likely N-dealkylation sites (tertiary alicyclic amines) is 1. The van der Waals surface area contributed by atoms with Gasteiger partial charge in [0.2, 0.25) is 5.91 Å². The number of rotatable bonds is 5. The molecular weight excluding hydrogens is 264 g/mol. The summed E-state index contributed by atoms with van der Waals surface area (Å²) in [6.07, 6.45) is 1.98. The van der Waals surface area contributed by atoms with Gasteiger partial charge in [-0.25, -0.2) is 0 Å². The lowest BCUT2D eigenvalue weighted by molar-refractivity contribution is -0.132. The van der Waals surface area contributed by atoms with Crippen molar-refractivity contribution in [1.29, 1.82) is 0 Å². The lowest BCUT2D eigenvalue weighted by Gasteiger charge is -2.31. The number of nitrogens with zero attached hydrogens (tertiary/aromatic N) is 2. The summed E-state index contributed by atoms with van der Waals surface area (Å²) in [5.41, 5.74) is 2.42. The smallest absolute Gasteiger partial charge is 0.236 e. The SMILES string of the molecule is Cc1ccccc1CN(C)C(=O)CN1CCC(CO)CC1. The molecule has 1 aromatic rings. The van der Waals surface area contributed by atoms with Gasteiger partial charge in [-0.1, -0.05) is 24.3 Å². The molecule has 4 nitrogen and oxygen atoms in total. The van der Waals surface area contributed by atoms with Crippen molar-refractivity contribution in [3.8, 4) is 0 Å². The van der Waals surface area contributed by atoms with Crippen LogP contribution in [0.2, 0.25) is 0 Å². The minimum absolute atomic E-state index is 0.167. The third-order valence-corrected chi connectivity index (χ3v) is 4.42. The van der Waals surface area contributed by atoms with E-state index in [1.807, 2.05) is 19.2 Å². The zero-order valence-corrected chi connectivity index (χ0v) is 13.1. The molecule has 1 aliphatic heterocycles. The minimum Gasteiger partial charge on any atom is -0.396 e. The fourth-order valence-corrected chi connectivity index (χ4v) is 2.77. The number of piperidine rings is 1. The van der Waals surface area contributed by atoms with Gasteiger partial charge in [-0.05, 0) is 49.9 Å². The molecule has 1 aliphatic rings. The molecule has 0 spiro atoms. The highest BCUT2D eigenvalue weighted by Crippen LogP contribution is 2.16. The average Bonchev–Trinajstić information content (AvgIpc) is 2.50. The Morgan fingerprint density at radius 3 is 2.62 bits per heavy atom. The number of carbonyl (C=O) groups excluding carboxylic acids is 1. The summed E-state index contributed by atoms with van der Waals surface area (Å²) in [5.74, 6) is 0.585. The number of aliphatic hydroxyl groups is 1. The number of hydrogen-bond acceptors (Lipinski definition) is 3. The van der Waals surface area contributed by atoms with Crippen molar-refractivity contribution in [2.24, 2.45) is 5.92 Å². The quantitative estimate of drug-likeness (QED) is 0.897. The first-order chi connectivity index (χ1) is 10.1. The molecule has 1 fully saturated rings. The lowest BCUT2D eigenvalue weighted by atomic mass is 9.98. The average molecular weight is 290 g/mol. The number of hydrogen-bond donors (Lipinski definition) is 1.